The lowest BCUT2D eigenvalue weighted by Crippen LogP contribution is -2.50. The molecule has 1 heterocycles. The van der Waals surface area contributed by atoms with Crippen LogP contribution in [0.2, 0.25) is 0 Å². The Morgan fingerprint density at radius 2 is 1.80 bits per heavy atom. The standard InChI is InChI=1S/C23H36N2O5/c1-5-28-21(26)18-19-9-8-10-20(17-19)29-16-7-6-11-24-12-14-25(15-13-24)22(27)30-23(2,3)4/h8-10,17H,5-7,11-16,18H2,1-4H3. The second kappa shape index (κ2) is 11.8. The van der Waals surface area contributed by atoms with Crippen molar-refractivity contribution in [1.29, 1.82) is 0 Å². The molecule has 1 amide bonds. The van der Waals surface area contributed by atoms with E-state index in [9.17, 15) is 9.59 Å². The number of piperazine rings is 1. The first-order valence-electron chi connectivity index (χ1n) is 10.8. The molecular formula is C23H36N2O5. The zero-order valence-electron chi connectivity index (χ0n) is 18.8. The van der Waals surface area contributed by atoms with Crippen LogP contribution in [0.5, 0.6) is 5.75 Å². The van der Waals surface area contributed by atoms with Crippen LogP contribution in [0.1, 0.15) is 46.1 Å². The molecule has 7 heteroatoms. The summed E-state index contributed by atoms with van der Waals surface area (Å²) in [5, 5.41) is 0. The Hall–Kier alpha value is -2.28. The summed E-state index contributed by atoms with van der Waals surface area (Å²) in [4.78, 5) is 27.9. The molecule has 0 saturated carbocycles. The van der Waals surface area contributed by atoms with Crippen LogP contribution in [0, 0.1) is 0 Å². The van der Waals surface area contributed by atoms with Gasteiger partial charge >= 0.3 is 12.1 Å². The van der Waals surface area contributed by atoms with Crippen LogP contribution in [0.4, 0.5) is 4.79 Å². The van der Waals surface area contributed by atoms with E-state index in [2.05, 4.69) is 4.90 Å². The first kappa shape index (κ1) is 24.0. The van der Waals surface area contributed by atoms with Crippen LogP contribution in [0.25, 0.3) is 0 Å². The van der Waals surface area contributed by atoms with E-state index in [1.807, 2.05) is 45.0 Å². The predicted molar refractivity (Wildman–Crippen MR) is 116 cm³/mol. The number of esters is 1. The smallest absolute Gasteiger partial charge is 0.410 e. The van der Waals surface area contributed by atoms with Crippen molar-refractivity contribution >= 4 is 12.1 Å². The predicted octanol–water partition coefficient (Wildman–Crippen LogP) is 3.50. The number of amides is 1. The Labute approximate surface area is 180 Å². The van der Waals surface area contributed by atoms with Gasteiger partial charge in [0.2, 0.25) is 0 Å². The summed E-state index contributed by atoms with van der Waals surface area (Å²) < 4.78 is 16.3. The van der Waals surface area contributed by atoms with E-state index < -0.39 is 5.60 Å². The largest absolute Gasteiger partial charge is 0.494 e. The molecule has 30 heavy (non-hydrogen) atoms. The van der Waals surface area contributed by atoms with Crippen molar-refractivity contribution < 1.29 is 23.8 Å². The van der Waals surface area contributed by atoms with Gasteiger partial charge in [0.05, 0.1) is 19.6 Å². The summed E-state index contributed by atoms with van der Waals surface area (Å²) in [6, 6.07) is 7.60. The average molecular weight is 421 g/mol. The summed E-state index contributed by atoms with van der Waals surface area (Å²) in [6.07, 6.45) is 2.03. The lowest BCUT2D eigenvalue weighted by molar-refractivity contribution is -0.142. The van der Waals surface area contributed by atoms with Crippen molar-refractivity contribution in [3.8, 4) is 5.75 Å². The average Bonchev–Trinajstić information content (AvgIpc) is 2.67. The number of carbonyl (C=O) groups excluding carboxylic acids is 2. The van der Waals surface area contributed by atoms with E-state index in [1.54, 1.807) is 11.8 Å². The molecule has 7 nitrogen and oxygen atoms in total. The highest BCUT2D eigenvalue weighted by atomic mass is 16.6. The number of hydrogen-bond acceptors (Lipinski definition) is 6. The van der Waals surface area contributed by atoms with Gasteiger partial charge in [-0.3, -0.25) is 9.69 Å². The Morgan fingerprint density at radius 3 is 2.47 bits per heavy atom. The van der Waals surface area contributed by atoms with Crippen LogP contribution in [-0.4, -0.2) is 73.4 Å². The summed E-state index contributed by atoms with van der Waals surface area (Å²) in [6.45, 7) is 12.7. The zero-order chi connectivity index (χ0) is 22.0. The lowest BCUT2D eigenvalue weighted by Gasteiger charge is -2.35. The highest BCUT2D eigenvalue weighted by Gasteiger charge is 2.25. The number of carbonyl (C=O) groups is 2. The van der Waals surface area contributed by atoms with Crippen molar-refractivity contribution in [2.24, 2.45) is 0 Å². The number of nitrogens with zero attached hydrogens (tertiary/aromatic N) is 2. The van der Waals surface area contributed by atoms with E-state index in [4.69, 9.17) is 14.2 Å². The maximum atomic E-state index is 12.1. The molecular weight excluding hydrogens is 384 g/mol. The third-order valence-corrected chi connectivity index (χ3v) is 4.71. The van der Waals surface area contributed by atoms with Gasteiger partial charge in [-0.1, -0.05) is 12.1 Å². The van der Waals surface area contributed by atoms with Crippen LogP contribution in [0.15, 0.2) is 24.3 Å². The van der Waals surface area contributed by atoms with Gasteiger partial charge in [-0.05, 0) is 64.8 Å². The maximum Gasteiger partial charge on any atom is 0.410 e. The van der Waals surface area contributed by atoms with Crippen molar-refractivity contribution in [1.82, 2.24) is 9.80 Å². The Bertz CT molecular complexity index is 678. The van der Waals surface area contributed by atoms with Crippen LogP contribution >= 0.6 is 0 Å². The third kappa shape index (κ3) is 9.03. The number of ether oxygens (including phenoxy) is 3. The van der Waals surface area contributed by atoms with E-state index >= 15 is 0 Å². The van der Waals surface area contributed by atoms with Gasteiger partial charge in [0.15, 0.2) is 0 Å². The fourth-order valence-corrected chi connectivity index (χ4v) is 3.23. The van der Waals surface area contributed by atoms with E-state index in [0.717, 1.165) is 43.8 Å². The topological polar surface area (TPSA) is 68.3 Å². The summed E-state index contributed by atoms with van der Waals surface area (Å²) in [5.74, 6) is 0.559. The Balaban J connectivity index is 1.60. The highest BCUT2D eigenvalue weighted by Crippen LogP contribution is 2.15. The van der Waals surface area contributed by atoms with Gasteiger partial charge in [-0.2, -0.15) is 0 Å². The molecule has 1 aliphatic heterocycles. The molecule has 1 aromatic carbocycles. The van der Waals surface area contributed by atoms with Gasteiger partial charge < -0.3 is 19.1 Å². The lowest BCUT2D eigenvalue weighted by atomic mass is 10.1. The molecule has 0 aromatic heterocycles. The Kier molecular flexibility index (Phi) is 9.43. The number of unbranched alkanes of at least 4 members (excludes halogenated alkanes) is 1. The van der Waals surface area contributed by atoms with E-state index in [-0.39, 0.29) is 18.5 Å². The number of rotatable bonds is 9. The van der Waals surface area contributed by atoms with E-state index in [1.165, 1.54) is 0 Å². The molecule has 1 aliphatic rings. The molecule has 1 aromatic rings. The zero-order valence-corrected chi connectivity index (χ0v) is 18.8. The fourth-order valence-electron chi connectivity index (χ4n) is 3.23. The SMILES string of the molecule is CCOC(=O)Cc1cccc(OCCCCN2CCN(C(=O)OC(C)(C)C)CC2)c1. The van der Waals surface area contributed by atoms with Gasteiger partial charge in [0.1, 0.15) is 11.4 Å². The molecule has 0 bridgehead atoms. The minimum absolute atomic E-state index is 0.221. The molecule has 2 rings (SSSR count). The monoisotopic (exact) mass is 420 g/mol. The first-order valence-corrected chi connectivity index (χ1v) is 10.8. The summed E-state index contributed by atoms with van der Waals surface area (Å²) in [5.41, 5.74) is 0.445. The minimum Gasteiger partial charge on any atom is -0.494 e. The minimum atomic E-state index is -0.452. The molecule has 0 aliphatic carbocycles. The molecule has 1 fully saturated rings. The summed E-state index contributed by atoms with van der Waals surface area (Å²) in [7, 11) is 0. The van der Waals surface area contributed by atoms with Crippen molar-refractivity contribution in [3.05, 3.63) is 29.8 Å². The maximum absolute atomic E-state index is 12.1. The molecule has 0 atom stereocenters. The van der Waals surface area contributed by atoms with Gasteiger partial charge in [0, 0.05) is 26.2 Å². The molecule has 0 spiro atoms. The van der Waals surface area contributed by atoms with Gasteiger partial charge in [-0.15, -0.1) is 0 Å². The quantitative estimate of drug-likeness (QED) is 0.450. The Morgan fingerprint density at radius 1 is 1.07 bits per heavy atom. The second-order valence-corrected chi connectivity index (χ2v) is 8.49. The molecule has 0 N–H and O–H groups in total. The molecule has 168 valence electrons. The van der Waals surface area contributed by atoms with Crippen LogP contribution in [0.3, 0.4) is 0 Å². The van der Waals surface area contributed by atoms with Crippen LogP contribution in [-0.2, 0) is 20.7 Å². The molecule has 0 radical (unpaired) electrons. The number of benzene rings is 1. The third-order valence-electron chi connectivity index (χ3n) is 4.71. The van der Waals surface area contributed by atoms with Crippen molar-refractivity contribution in [2.75, 3.05) is 45.9 Å². The molecule has 0 unspecified atom stereocenters. The first-order chi connectivity index (χ1) is 14.3. The normalized spacial score (nSPS) is 15.0. The number of hydrogen-bond donors (Lipinski definition) is 0. The molecule has 1 saturated heterocycles. The van der Waals surface area contributed by atoms with Crippen molar-refractivity contribution in [2.45, 2.75) is 52.6 Å². The van der Waals surface area contributed by atoms with E-state index in [0.29, 0.717) is 26.3 Å². The summed E-state index contributed by atoms with van der Waals surface area (Å²) >= 11 is 0. The van der Waals surface area contributed by atoms with Crippen molar-refractivity contribution in [3.63, 3.8) is 0 Å². The van der Waals surface area contributed by atoms with Gasteiger partial charge in [-0.25, -0.2) is 4.79 Å². The van der Waals surface area contributed by atoms with Crippen LogP contribution < -0.4 is 4.74 Å². The highest BCUT2D eigenvalue weighted by molar-refractivity contribution is 5.72. The van der Waals surface area contributed by atoms with Gasteiger partial charge in [0.25, 0.3) is 0 Å². The second-order valence-electron chi connectivity index (χ2n) is 8.49. The fraction of sp³-hybridized carbons (Fsp3) is 0.652.